The van der Waals surface area contributed by atoms with Gasteiger partial charge in [0.05, 0.1) is 5.41 Å². The van der Waals surface area contributed by atoms with Gasteiger partial charge in [-0.3, -0.25) is 14.5 Å². The Balaban J connectivity index is 2.45. The predicted molar refractivity (Wildman–Crippen MR) is 85.5 cm³/mol. The maximum absolute atomic E-state index is 12.8. The van der Waals surface area contributed by atoms with Crippen molar-refractivity contribution < 1.29 is 9.59 Å². The molecule has 1 saturated heterocycles. The van der Waals surface area contributed by atoms with Gasteiger partial charge < -0.3 is 5.73 Å². The van der Waals surface area contributed by atoms with Crippen molar-refractivity contribution in [3.63, 3.8) is 0 Å². The molecule has 1 aliphatic rings. The highest BCUT2D eigenvalue weighted by atomic mass is 32.1. The van der Waals surface area contributed by atoms with Crippen molar-refractivity contribution in [1.82, 2.24) is 4.90 Å². The highest BCUT2D eigenvalue weighted by Gasteiger charge is 2.52. The van der Waals surface area contributed by atoms with Crippen LogP contribution in [0.2, 0.25) is 0 Å². The standard InChI is InChI=1S/C16H20N2O2S/c1-3-16(4-2)10-12(19)18(15(16)20)13(14(17)21)11-8-6-5-7-9-11/h5-9,13H,3-4,10H2,1-2H3,(H2,17,21). The Labute approximate surface area is 130 Å². The number of hydrogen-bond acceptors (Lipinski definition) is 3. The third-order valence-corrected chi connectivity index (χ3v) is 4.65. The molecule has 4 nitrogen and oxygen atoms in total. The topological polar surface area (TPSA) is 63.4 Å². The van der Waals surface area contributed by atoms with Gasteiger partial charge in [-0.25, -0.2) is 0 Å². The minimum absolute atomic E-state index is 0.144. The molecule has 2 rings (SSSR count). The normalized spacial score (nSPS) is 18.9. The van der Waals surface area contributed by atoms with E-state index in [4.69, 9.17) is 18.0 Å². The number of hydrogen-bond donors (Lipinski definition) is 1. The first-order chi connectivity index (χ1) is 9.96. The average molecular weight is 304 g/mol. The molecule has 0 radical (unpaired) electrons. The number of carbonyl (C=O) groups is 2. The molecule has 0 bridgehead atoms. The Kier molecular flexibility index (Phi) is 4.42. The number of nitrogens with two attached hydrogens (primary N) is 1. The molecule has 1 aliphatic heterocycles. The van der Waals surface area contributed by atoms with E-state index >= 15 is 0 Å². The number of amides is 2. The molecule has 0 aromatic heterocycles. The first-order valence-electron chi connectivity index (χ1n) is 7.17. The number of nitrogens with zero attached hydrogens (tertiary/aromatic N) is 1. The second-order valence-electron chi connectivity index (χ2n) is 5.45. The molecule has 1 fully saturated rings. The Morgan fingerprint density at radius 1 is 1.29 bits per heavy atom. The van der Waals surface area contributed by atoms with Gasteiger partial charge in [-0.15, -0.1) is 0 Å². The molecule has 0 spiro atoms. The predicted octanol–water partition coefficient (Wildman–Crippen LogP) is 2.58. The van der Waals surface area contributed by atoms with E-state index < -0.39 is 11.5 Å². The van der Waals surface area contributed by atoms with Gasteiger partial charge in [-0.2, -0.15) is 0 Å². The molecule has 1 aromatic carbocycles. The van der Waals surface area contributed by atoms with Crippen molar-refractivity contribution in [2.75, 3.05) is 0 Å². The molecule has 1 atom stereocenters. The molecular formula is C16H20N2O2S. The van der Waals surface area contributed by atoms with Crippen LogP contribution in [0.15, 0.2) is 30.3 Å². The molecular weight excluding hydrogens is 284 g/mol. The fourth-order valence-electron chi connectivity index (χ4n) is 2.96. The van der Waals surface area contributed by atoms with Crippen LogP contribution in [0.4, 0.5) is 0 Å². The lowest BCUT2D eigenvalue weighted by Gasteiger charge is -2.29. The Morgan fingerprint density at radius 2 is 1.86 bits per heavy atom. The lowest BCUT2D eigenvalue weighted by Crippen LogP contribution is -2.42. The van der Waals surface area contributed by atoms with E-state index in [0.29, 0.717) is 12.8 Å². The average Bonchev–Trinajstić information content (AvgIpc) is 2.73. The fraction of sp³-hybridized carbons (Fsp3) is 0.438. The van der Waals surface area contributed by atoms with Crippen LogP contribution in [-0.4, -0.2) is 21.7 Å². The van der Waals surface area contributed by atoms with E-state index in [1.807, 2.05) is 44.2 Å². The first kappa shape index (κ1) is 15.6. The molecule has 2 N–H and O–H groups in total. The number of thiocarbonyl (C=S) groups is 1. The van der Waals surface area contributed by atoms with Crippen molar-refractivity contribution in [1.29, 1.82) is 0 Å². The summed E-state index contributed by atoms with van der Waals surface area (Å²) in [4.78, 5) is 26.6. The third-order valence-electron chi connectivity index (χ3n) is 4.43. The van der Waals surface area contributed by atoms with Gasteiger partial charge in [0, 0.05) is 6.42 Å². The van der Waals surface area contributed by atoms with Crippen LogP contribution in [0, 0.1) is 5.41 Å². The maximum atomic E-state index is 12.8. The highest BCUT2D eigenvalue weighted by Crippen LogP contribution is 2.42. The zero-order valence-corrected chi connectivity index (χ0v) is 13.2. The van der Waals surface area contributed by atoms with Gasteiger partial charge in [-0.1, -0.05) is 56.4 Å². The SMILES string of the molecule is CCC1(CC)CC(=O)N(C(C(N)=S)c2ccccc2)C1=O. The minimum Gasteiger partial charge on any atom is -0.391 e. The molecule has 0 saturated carbocycles. The number of benzene rings is 1. The van der Waals surface area contributed by atoms with Gasteiger partial charge in [0.15, 0.2) is 0 Å². The van der Waals surface area contributed by atoms with Crippen molar-refractivity contribution in [3.8, 4) is 0 Å². The lowest BCUT2D eigenvalue weighted by molar-refractivity contribution is -0.143. The van der Waals surface area contributed by atoms with E-state index in [-0.39, 0.29) is 23.2 Å². The third kappa shape index (κ3) is 2.58. The molecule has 0 aliphatic carbocycles. The quantitative estimate of drug-likeness (QED) is 0.671. The van der Waals surface area contributed by atoms with Crippen molar-refractivity contribution in [3.05, 3.63) is 35.9 Å². The first-order valence-corrected chi connectivity index (χ1v) is 7.58. The Morgan fingerprint density at radius 3 is 2.29 bits per heavy atom. The summed E-state index contributed by atoms with van der Waals surface area (Å²) in [5.41, 5.74) is 6.00. The van der Waals surface area contributed by atoms with E-state index in [1.165, 1.54) is 4.90 Å². The summed E-state index contributed by atoms with van der Waals surface area (Å²) < 4.78 is 0. The van der Waals surface area contributed by atoms with E-state index in [1.54, 1.807) is 0 Å². The highest BCUT2D eigenvalue weighted by molar-refractivity contribution is 7.80. The molecule has 1 aromatic rings. The largest absolute Gasteiger partial charge is 0.391 e. The van der Waals surface area contributed by atoms with Gasteiger partial charge in [0.1, 0.15) is 11.0 Å². The molecule has 112 valence electrons. The number of rotatable bonds is 5. The van der Waals surface area contributed by atoms with E-state index in [2.05, 4.69) is 0 Å². The Hall–Kier alpha value is -1.75. The fourth-order valence-corrected chi connectivity index (χ4v) is 3.20. The molecule has 1 heterocycles. The number of imide groups is 1. The van der Waals surface area contributed by atoms with Gasteiger partial charge in [-0.05, 0) is 18.4 Å². The van der Waals surface area contributed by atoms with Crippen LogP contribution in [0.1, 0.15) is 44.7 Å². The number of likely N-dealkylation sites (tertiary alicyclic amines) is 1. The van der Waals surface area contributed by atoms with Gasteiger partial charge in [0.2, 0.25) is 11.8 Å². The molecule has 5 heteroatoms. The minimum atomic E-state index is -0.652. The number of carbonyl (C=O) groups excluding carboxylic acids is 2. The second kappa shape index (κ2) is 5.93. The maximum Gasteiger partial charge on any atom is 0.236 e. The van der Waals surface area contributed by atoms with Crippen LogP contribution in [-0.2, 0) is 9.59 Å². The van der Waals surface area contributed by atoms with Crippen molar-refractivity contribution in [2.45, 2.75) is 39.2 Å². The van der Waals surface area contributed by atoms with Crippen molar-refractivity contribution in [2.24, 2.45) is 11.1 Å². The molecule has 2 amide bonds. The monoisotopic (exact) mass is 304 g/mol. The zero-order chi connectivity index (χ0) is 15.6. The van der Waals surface area contributed by atoms with E-state index in [0.717, 1.165) is 5.56 Å². The summed E-state index contributed by atoms with van der Waals surface area (Å²) in [5, 5.41) is 0. The molecule has 1 unspecified atom stereocenters. The second-order valence-corrected chi connectivity index (χ2v) is 5.92. The summed E-state index contributed by atoms with van der Waals surface area (Å²) in [5.74, 6) is -0.343. The van der Waals surface area contributed by atoms with Crippen LogP contribution >= 0.6 is 12.2 Å². The van der Waals surface area contributed by atoms with Gasteiger partial charge in [0.25, 0.3) is 0 Å². The van der Waals surface area contributed by atoms with Crippen LogP contribution in [0.25, 0.3) is 0 Å². The summed E-state index contributed by atoms with van der Waals surface area (Å²) >= 11 is 5.12. The van der Waals surface area contributed by atoms with Crippen LogP contribution in [0.5, 0.6) is 0 Å². The van der Waals surface area contributed by atoms with E-state index in [9.17, 15) is 9.59 Å². The van der Waals surface area contributed by atoms with Crippen molar-refractivity contribution >= 4 is 29.0 Å². The summed E-state index contributed by atoms with van der Waals surface area (Å²) in [6.45, 7) is 3.88. The Bertz CT molecular complexity index is 567. The zero-order valence-electron chi connectivity index (χ0n) is 12.3. The summed E-state index contributed by atoms with van der Waals surface area (Å²) in [7, 11) is 0. The van der Waals surface area contributed by atoms with Gasteiger partial charge >= 0.3 is 0 Å². The summed E-state index contributed by atoms with van der Waals surface area (Å²) in [6.07, 6.45) is 1.53. The van der Waals surface area contributed by atoms with Crippen LogP contribution < -0.4 is 5.73 Å². The van der Waals surface area contributed by atoms with Crippen LogP contribution in [0.3, 0.4) is 0 Å². The summed E-state index contributed by atoms with van der Waals surface area (Å²) in [6, 6.07) is 8.58. The lowest BCUT2D eigenvalue weighted by atomic mass is 9.81. The smallest absolute Gasteiger partial charge is 0.236 e. The molecule has 21 heavy (non-hydrogen) atoms.